The molecule has 0 saturated carbocycles. The first-order valence-electron chi connectivity index (χ1n) is 10.2. The van der Waals surface area contributed by atoms with E-state index in [0.717, 1.165) is 23.3 Å². The van der Waals surface area contributed by atoms with E-state index in [-0.39, 0.29) is 10.6 Å². The standard InChI is InChI=1S/C21H19ClF2N8O/c1-12-9-18(28-27-12)25-19-17-3-2-4-32(17)29-21(26-19)31-7-5-30(6-8-31)20(33)13-10-15(23)16(24)11-14(13)22/h2-4,9-11H,5-8H2,1H3,(H2,25,26,27,28,29). The number of nitrogens with one attached hydrogen (secondary N) is 2. The number of aromatic nitrogens is 5. The van der Waals surface area contributed by atoms with Gasteiger partial charge in [0.15, 0.2) is 23.3 Å². The van der Waals surface area contributed by atoms with Crippen molar-refractivity contribution in [1.29, 1.82) is 0 Å². The zero-order valence-corrected chi connectivity index (χ0v) is 18.3. The lowest BCUT2D eigenvalue weighted by atomic mass is 10.1. The van der Waals surface area contributed by atoms with Gasteiger partial charge in [-0.3, -0.25) is 9.89 Å². The highest BCUT2D eigenvalue weighted by atomic mass is 35.5. The van der Waals surface area contributed by atoms with Crippen molar-refractivity contribution in [3.63, 3.8) is 0 Å². The van der Waals surface area contributed by atoms with E-state index in [1.54, 1.807) is 9.42 Å². The summed E-state index contributed by atoms with van der Waals surface area (Å²) in [6.07, 6.45) is 1.83. The number of carbonyl (C=O) groups is 1. The van der Waals surface area contributed by atoms with E-state index in [1.807, 2.05) is 36.2 Å². The summed E-state index contributed by atoms with van der Waals surface area (Å²) in [4.78, 5) is 21.0. The molecule has 0 bridgehead atoms. The zero-order valence-electron chi connectivity index (χ0n) is 17.5. The Labute approximate surface area is 192 Å². The van der Waals surface area contributed by atoms with Gasteiger partial charge in [0.05, 0.1) is 10.6 Å². The van der Waals surface area contributed by atoms with Crippen LogP contribution in [0.2, 0.25) is 5.02 Å². The molecule has 3 aromatic heterocycles. The lowest BCUT2D eigenvalue weighted by Crippen LogP contribution is -2.49. The number of benzene rings is 1. The molecule has 0 spiro atoms. The summed E-state index contributed by atoms with van der Waals surface area (Å²) in [5.41, 5.74) is 1.65. The second-order valence-electron chi connectivity index (χ2n) is 7.69. The van der Waals surface area contributed by atoms with Gasteiger partial charge in [-0.1, -0.05) is 11.6 Å². The second kappa shape index (κ2) is 8.32. The summed E-state index contributed by atoms with van der Waals surface area (Å²) < 4.78 is 28.7. The Bertz CT molecular complexity index is 1350. The average molecular weight is 473 g/mol. The number of fused-ring (bicyclic) bond motifs is 1. The number of halogens is 3. The monoisotopic (exact) mass is 472 g/mol. The van der Waals surface area contributed by atoms with Gasteiger partial charge in [0.25, 0.3) is 5.91 Å². The first-order valence-corrected chi connectivity index (χ1v) is 10.6. The van der Waals surface area contributed by atoms with E-state index in [0.29, 0.717) is 43.8 Å². The molecule has 2 N–H and O–H groups in total. The van der Waals surface area contributed by atoms with E-state index in [4.69, 9.17) is 11.6 Å². The van der Waals surface area contributed by atoms with Crippen LogP contribution < -0.4 is 10.2 Å². The molecular formula is C21H19ClF2N8O. The van der Waals surface area contributed by atoms with E-state index < -0.39 is 17.5 Å². The molecule has 0 atom stereocenters. The number of anilines is 3. The molecule has 4 heterocycles. The van der Waals surface area contributed by atoms with Crippen molar-refractivity contribution in [1.82, 2.24) is 29.7 Å². The third-order valence-corrected chi connectivity index (χ3v) is 5.73. The van der Waals surface area contributed by atoms with Crippen LogP contribution in [0.4, 0.5) is 26.4 Å². The molecule has 1 aromatic carbocycles. The molecule has 0 radical (unpaired) electrons. The highest BCUT2D eigenvalue weighted by Gasteiger charge is 2.26. The second-order valence-corrected chi connectivity index (χ2v) is 8.09. The summed E-state index contributed by atoms with van der Waals surface area (Å²) in [5, 5.41) is 14.8. The van der Waals surface area contributed by atoms with Crippen LogP contribution in [-0.2, 0) is 0 Å². The van der Waals surface area contributed by atoms with Crippen LogP contribution in [0.25, 0.3) is 5.52 Å². The normalized spacial score (nSPS) is 14.2. The molecule has 1 saturated heterocycles. The topological polar surface area (TPSA) is 94.5 Å². The fraction of sp³-hybridized carbons (Fsp3) is 0.238. The van der Waals surface area contributed by atoms with Crippen LogP contribution in [0, 0.1) is 18.6 Å². The number of nitrogens with zero attached hydrogens (tertiary/aromatic N) is 6. The number of hydrogen-bond donors (Lipinski definition) is 2. The first kappa shape index (κ1) is 21.1. The van der Waals surface area contributed by atoms with Crippen LogP contribution in [0.3, 0.4) is 0 Å². The quantitative estimate of drug-likeness (QED) is 0.442. The lowest BCUT2D eigenvalue weighted by Gasteiger charge is -2.35. The van der Waals surface area contributed by atoms with Crippen molar-refractivity contribution in [2.45, 2.75) is 6.92 Å². The number of aryl methyl sites for hydroxylation is 1. The van der Waals surface area contributed by atoms with Crippen LogP contribution >= 0.6 is 11.6 Å². The van der Waals surface area contributed by atoms with Gasteiger partial charge in [-0.05, 0) is 31.2 Å². The predicted molar refractivity (Wildman–Crippen MR) is 119 cm³/mol. The highest BCUT2D eigenvalue weighted by Crippen LogP contribution is 2.25. The molecule has 33 heavy (non-hydrogen) atoms. The van der Waals surface area contributed by atoms with E-state index >= 15 is 0 Å². The van der Waals surface area contributed by atoms with Crippen molar-refractivity contribution in [3.8, 4) is 0 Å². The molecular weight excluding hydrogens is 454 g/mol. The molecule has 1 amide bonds. The van der Waals surface area contributed by atoms with Gasteiger partial charge in [-0.2, -0.15) is 10.1 Å². The van der Waals surface area contributed by atoms with Gasteiger partial charge in [-0.15, -0.1) is 5.10 Å². The minimum atomic E-state index is -1.11. The Morgan fingerprint density at radius 3 is 2.64 bits per heavy atom. The number of hydrogen-bond acceptors (Lipinski definition) is 6. The summed E-state index contributed by atoms with van der Waals surface area (Å²) >= 11 is 5.97. The van der Waals surface area contributed by atoms with E-state index in [1.165, 1.54) is 0 Å². The van der Waals surface area contributed by atoms with Crippen molar-refractivity contribution >= 4 is 40.6 Å². The SMILES string of the molecule is Cc1cc(Nc2nc(N3CCN(C(=O)c4cc(F)c(F)cc4Cl)CC3)nn3cccc23)n[nH]1. The number of aromatic amines is 1. The minimum absolute atomic E-state index is 0.0604. The van der Waals surface area contributed by atoms with Gasteiger partial charge in [0.2, 0.25) is 5.95 Å². The molecule has 170 valence electrons. The van der Waals surface area contributed by atoms with E-state index in [2.05, 4.69) is 25.6 Å². The predicted octanol–water partition coefficient (Wildman–Crippen LogP) is 3.40. The fourth-order valence-corrected chi connectivity index (χ4v) is 3.95. The highest BCUT2D eigenvalue weighted by molar-refractivity contribution is 6.33. The Morgan fingerprint density at radius 2 is 1.91 bits per heavy atom. The molecule has 5 rings (SSSR count). The van der Waals surface area contributed by atoms with Crippen molar-refractivity contribution < 1.29 is 13.6 Å². The van der Waals surface area contributed by atoms with Crippen LogP contribution in [-0.4, -0.2) is 61.8 Å². The number of piperazine rings is 1. The maximum atomic E-state index is 13.6. The minimum Gasteiger partial charge on any atom is -0.336 e. The summed E-state index contributed by atoms with van der Waals surface area (Å²) in [6, 6.07) is 7.29. The maximum Gasteiger partial charge on any atom is 0.255 e. The lowest BCUT2D eigenvalue weighted by molar-refractivity contribution is 0.0745. The number of carbonyl (C=O) groups excluding carboxylic acids is 1. The first-order chi connectivity index (χ1) is 15.9. The maximum absolute atomic E-state index is 13.6. The largest absolute Gasteiger partial charge is 0.336 e. The van der Waals surface area contributed by atoms with Gasteiger partial charge < -0.3 is 15.1 Å². The Morgan fingerprint density at radius 1 is 1.15 bits per heavy atom. The van der Waals surface area contributed by atoms with Gasteiger partial charge in [-0.25, -0.2) is 13.3 Å². The van der Waals surface area contributed by atoms with Crippen molar-refractivity contribution in [2.75, 3.05) is 36.4 Å². The van der Waals surface area contributed by atoms with Gasteiger partial charge in [0.1, 0.15) is 5.52 Å². The third-order valence-electron chi connectivity index (χ3n) is 5.42. The van der Waals surface area contributed by atoms with Crippen molar-refractivity contribution in [3.05, 3.63) is 64.4 Å². The molecule has 0 aliphatic carbocycles. The third kappa shape index (κ3) is 4.07. The van der Waals surface area contributed by atoms with E-state index in [9.17, 15) is 13.6 Å². The number of rotatable bonds is 4. The Kier molecular flexibility index (Phi) is 5.33. The fourth-order valence-electron chi connectivity index (χ4n) is 3.72. The Hall–Kier alpha value is -3.73. The van der Waals surface area contributed by atoms with Crippen LogP contribution in [0.15, 0.2) is 36.5 Å². The molecule has 1 aliphatic rings. The molecule has 12 heteroatoms. The Balaban J connectivity index is 1.34. The smallest absolute Gasteiger partial charge is 0.255 e. The molecule has 1 fully saturated rings. The van der Waals surface area contributed by atoms with Gasteiger partial charge in [0, 0.05) is 44.1 Å². The average Bonchev–Trinajstić information content (AvgIpc) is 3.44. The van der Waals surface area contributed by atoms with Gasteiger partial charge >= 0.3 is 0 Å². The van der Waals surface area contributed by atoms with Crippen molar-refractivity contribution in [2.24, 2.45) is 0 Å². The number of H-pyrrole nitrogens is 1. The van der Waals surface area contributed by atoms with Crippen LogP contribution in [0.5, 0.6) is 0 Å². The molecule has 0 unspecified atom stereocenters. The molecule has 4 aromatic rings. The zero-order chi connectivity index (χ0) is 23.1. The summed E-state index contributed by atoms with van der Waals surface area (Å²) in [6.45, 7) is 3.53. The van der Waals surface area contributed by atoms with Crippen LogP contribution in [0.1, 0.15) is 16.1 Å². The number of amides is 1. The molecule has 9 nitrogen and oxygen atoms in total. The summed E-state index contributed by atoms with van der Waals surface area (Å²) in [7, 11) is 0. The summed E-state index contributed by atoms with van der Waals surface area (Å²) in [5.74, 6) is -0.916. The molecule has 1 aliphatic heterocycles.